The Bertz CT molecular complexity index is 1130. The van der Waals surface area contributed by atoms with Gasteiger partial charge in [0.25, 0.3) is 0 Å². The fourth-order valence-corrected chi connectivity index (χ4v) is 3.22. The number of oxazole rings is 1. The van der Waals surface area contributed by atoms with Gasteiger partial charge in [0.05, 0.1) is 17.6 Å². The summed E-state index contributed by atoms with van der Waals surface area (Å²) in [4.78, 5) is 4.18. The van der Waals surface area contributed by atoms with E-state index in [1.165, 1.54) is 59.0 Å². The van der Waals surface area contributed by atoms with Gasteiger partial charge in [-0.2, -0.15) is 4.68 Å². The van der Waals surface area contributed by atoms with Crippen molar-refractivity contribution in [2.24, 2.45) is 0 Å². The summed E-state index contributed by atoms with van der Waals surface area (Å²) in [7, 11) is 0. The highest BCUT2D eigenvalue weighted by atomic mass is 32.2. The summed E-state index contributed by atoms with van der Waals surface area (Å²) in [6.07, 6.45) is -3.23. The Hall–Kier alpha value is -3.41. The second-order valence-corrected chi connectivity index (χ2v) is 6.77. The Morgan fingerprint density at radius 2 is 1.77 bits per heavy atom. The number of benzene rings is 2. The van der Waals surface area contributed by atoms with Crippen LogP contribution in [0.3, 0.4) is 0 Å². The highest BCUT2D eigenvalue weighted by Crippen LogP contribution is 2.27. The second-order valence-electron chi connectivity index (χ2n) is 5.83. The lowest BCUT2D eigenvalue weighted by Crippen LogP contribution is -2.17. The smallest absolute Gasteiger partial charge is 0.440 e. The van der Waals surface area contributed by atoms with E-state index in [2.05, 4.69) is 25.2 Å². The van der Waals surface area contributed by atoms with E-state index >= 15 is 0 Å². The van der Waals surface area contributed by atoms with Crippen molar-refractivity contribution in [3.8, 4) is 22.8 Å². The number of tetrazole rings is 1. The van der Waals surface area contributed by atoms with E-state index in [1.54, 1.807) is 12.1 Å². The van der Waals surface area contributed by atoms with Gasteiger partial charge in [-0.15, -0.1) is 18.3 Å². The summed E-state index contributed by atoms with van der Waals surface area (Å²) in [5, 5.41) is 11.7. The van der Waals surface area contributed by atoms with Crippen molar-refractivity contribution in [3.05, 3.63) is 66.4 Å². The van der Waals surface area contributed by atoms with E-state index < -0.39 is 6.36 Å². The molecule has 0 saturated carbocycles. The number of alkyl halides is 3. The molecule has 0 spiro atoms. The van der Waals surface area contributed by atoms with Crippen LogP contribution in [-0.2, 0) is 5.75 Å². The van der Waals surface area contributed by atoms with Crippen molar-refractivity contribution >= 4 is 11.8 Å². The third-order valence-corrected chi connectivity index (χ3v) is 4.67. The topological polar surface area (TPSA) is 78.9 Å². The average Bonchev–Trinajstić information content (AvgIpc) is 3.36. The Morgan fingerprint density at radius 1 is 1.03 bits per heavy atom. The lowest BCUT2D eigenvalue weighted by Gasteiger charge is -2.09. The van der Waals surface area contributed by atoms with Gasteiger partial charge in [0.1, 0.15) is 11.6 Å². The zero-order chi connectivity index (χ0) is 21.1. The predicted molar refractivity (Wildman–Crippen MR) is 97.3 cm³/mol. The van der Waals surface area contributed by atoms with Crippen LogP contribution in [0, 0.1) is 5.82 Å². The third kappa shape index (κ3) is 4.76. The minimum Gasteiger partial charge on any atom is -0.440 e. The maximum absolute atomic E-state index is 13.0. The van der Waals surface area contributed by atoms with Crippen LogP contribution in [0.1, 0.15) is 5.89 Å². The van der Waals surface area contributed by atoms with Crippen LogP contribution in [0.4, 0.5) is 17.6 Å². The van der Waals surface area contributed by atoms with Crippen LogP contribution in [0.5, 0.6) is 5.75 Å². The zero-order valence-electron chi connectivity index (χ0n) is 14.9. The van der Waals surface area contributed by atoms with Gasteiger partial charge in [0, 0.05) is 5.56 Å². The fraction of sp³-hybridized carbons (Fsp3) is 0.111. The predicted octanol–water partition coefficient (Wildman–Crippen LogP) is 4.65. The van der Waals surface area contributed by atoms with Gasteiger partial charge in [0.2, 0.25) is 11.0 Å². The maximum atomic E-state index is 13.0. The highest BCUT2D eigenvalue weighted by molar-refractivity contribution is 7.98. The number of hydrogen-bond donors (Lipinski definition) is 0. The second kappa shape index (κ2) is 8.14. The molecule has 0 unspecified atom stereocenters. The largest absolute Gasteiger partial charge is 0.573 e. The number of hydrogen-bond acceptors (Lipinski definition) is 7. The number of rotatable bonds is 6. The average molecular weight is 437 g/mol. The Kier molecular flexibility index (Phi) is 5.40. The summed E-state index contributed by atoms with van der Waals surface area (Å²) in [5.74, 6) is 0.505. The monoisotopic (exact) mass is 437 g/mol. The minimum absolute atomic E-state index is 0.302. The van der Waals surface area contributed by atoms with E-state index in [9.17, 15) is 17.6 Å². The van der Waals surface area contributed by atoms with Gasteiger partial charge in [0.15, 0.2) is 5.76 Å². The van der Waals surface area contributed by atoms with Crippen LogP contribution in [0.15, 0.2) is 64.3 Å². The molecule has 0 amide bonds. The van der Waals surface area contributed by atoms with Gasteiger partial charge >= 0.3 is 6.36 Å². The van der Waals surface area contributed by atoms with Gasteiger partial charge in [-0.1, -0.05) is 11.8 Å². The molecule has 30 heavy (non-hydrogen) atoms. The lowest BCUT2D eigenvalue weighted by molar-refractivity contribution is -0.274. The van der Waals surface area contributed by atoms with Crippen LogP contribution in [0.25, 0.3) is 17.0 Å². The Morgan fingerprint density at radius 3 is 2.47 bits per heavy atom. The number of ether oxygens (including phenoxy) is 1. The number of thioether (sulfide) groups is 1. The summed E-state index contributed by atoms with van der Waals surface area (Å²) >= 11 is 1.23. The van der Waals surface area contributed by atoms with Crippen molar-refractivity contribution in [2.45, 2.75) is 17.3 Å². The van der Waals surface area contributed by atoms with Gasteiger partial charge in [-0.05, 0) is 59.0 Å². The number of nitrogens with zero attached hydrogens (tertiary/aromatic N) is 5. The van der Waals surface area contributed by atoms with Crippen molar-refractivity contribution < 1.29 is 26.7 Å². The minimum atomic E-state index is -4.76. The lowest BCUT2D eigenvalue weighted by atomic mass is 10.2. The summed E-state index contributed by atoms with van der Waals surface area (Å²) in [6.45, 7) is 0. The zero-order valence-corrected chi connectivity index (χ0v) is 15.7. The number of halogens is 4. The summed E-state index contributed by atoms with van der Waals surface area (Å²) in [5.41, 5.74) is 1.14. The van der Waals surface area contributed by atoms with E-state index in [0.29, 0.717) is 33.8 Å². The van der Waals surface area contributed by atoms with Crippen LogP contribution in [-0.4, -0.2) is 31.6 Å². The molecule has 2 aromatic carbocycles. The molecule has 12 heteroatoms. The SMILES string of the molecule is Fc1ccc(-c2cnc(CSc3nnnn3-c3ccc(OC(F)(F)F)cc3)o2)cc1. The molecule has 4 aromatic rings. The molecule has 154 valence electrons. The highest BCUT2D eigenvalue weighted by Gasteiger charge is 2.31. The maximum Gasteiger partial charge on any atom is 0.573 e. The Labute approximate surface area is 170 Å². The molecule has 2 heterocycles. The molecule has 7 nitrogen and oxygen atoms in total. The van der Waals surface area contributed by atoms with Crippen LogP contribution >= 0.6 is 11.8 Å². The molecular formula is C18H11F4N5O2S. The van der Waals surface area contributed by atoms with Crippen LogP contribution in [0.2, 0.25) is 0 Å². The molecule has 0 saturated heterocycles. The molecule has 0 aliphatic rings. The van der Waals surface area contributed by atoms with E-state index in [-0.39, 0.29) is 11.6 Å². The molecule has 0 atom stereocenters. The van der Waals surface area contributed by atoms with E-state index in [4.69, 9.17) is 4.42 Å². The van der Waals surface area contributed by atoms with Gasteiger partial charge in [-0.25, -0.2) is 9.37 Å². The quantitative estimate of drug-likeness (QED) is 0.321. The van der Waals surface area contributed by atoms with E-state index in [0.717, 1.165) is 0 Å². The first-order valence-corrected chi connectivity index (χ1v) is 9.34. The molecule has 0 aliphatic carbocycles. The van der Waals surface area contributed by atoms with Crippen molar-refractivity contribution in [3.63, 3.8) is 0 Å². The molecule has 4 rings (SSSR count). The molecule has 0 fully saturated rings. The van der Waals surface area contributed by atoms with E-state index in [1.807, 2.05) is 0 Å². The van der Waals surface area contributed by atoms with Gasteiger partial charge in [-0.3, -0.25) is 0 Å². The molecule has 0 N–H and O–H groups in total. The molecule has 0 radical (unpaired) electrons. The third-order valence-electron chi connectivity index (χ3n) is 3.76. The molecule has 2 aromatic heterocycles. The summed E-state index contributed by atoms with van der Waals surface area (Å²) < 4.78 is 60.7. The number of aromatic nitrogens is 5. The first kappa shape index (κ1) is 19.9. The molecule has 0 aliphatic heterocycles. The van der Waals surface area contributed by atoms with Crippen molar-refractivity contribution in [1.29, 1.82) is 0 Å². The normalized spacial score (nSPS) is 11.6. The standard InChI is InChI=1S/C18H11F4N5O2S/c19-12-3-1-11(2-4-12)15-9-23-16(28-15)10-30-17-24-25-26-27(17)13-5-7-14(8-6-13)29-18(20,21)22/h1-9H,10H2. The van der Waals surface area contributed by atoms with Crippen molar-refractivity contribution in [1.82, 2.24) is 25.2 Å². The summed E-state index contributed by atoms with van der Waals surface area (Å²) in [6, 6.07) is 11.0. The molecule has 0 bridgehead atoms. The Balaban J connectivity index is 1.44. The fourth-order valence-electron chi connectivity index (χ4n) is 2.47. The first-order chi connectivity index (χ1) is 14.4. The van der Waals surface area contributed by atoms with Gasteiger partial charge < -0.3 is 9.15 Å². The van der Waals surface area contributed by atoms with Crippen LogP contribution < -0.4 is 4.74 Å². The van der Waals surface area contributed by atoms with Crippen molar-refractivity contribution in [2.75, 3.05) is 0 Å². The first-order valence-electron chi connectivity index (χ1n) is 8.35. The molecular weight excluding hydrogens is 426 g/mol.